The minimum atomic E-state index is -1.27. The predicted molar refractivity (Wildman–Crippen MR) is 154 cm³/mol. The average Bonchev–Trinajstić information content (AvgIpc) is 2.84. The summed E-state index contributed by atoms with van der Waals surface area (Å²) in [5, 5.41) is 5.54. The van der Waals surface area contributed by atoms with Crippen LogP contribution in [0.25, 0.3) is 0 Å². The molecule has 0 saturated carbocycles. The fourth-order valence-corrected chi connectivity index (χ4v) is 4.33. The predicted octanol–water partition coefficient (Wildman–Crippen LogP) is 4.91. The van der Waals surface area contributed by atoms with Crippen molar-refractivity contribution in [1.82, 2.24) is 15.5 Å². The van der Waals surface area contributed by atoms with Crippen molar-refractivity contribution in [3.8, 4) is 0 Å². The Labute approximate surface area is 234 Å². The lowest BCUT2D eigenvalue weighted by Gasteiger charge is -2.35. The Hall–Kier alpha value is -3.10. The molecular weight excluding hydrogens is 496 g/mol. The number of nitrogens with two attached hydrogens (primary N) is 1. The van der Waals surface area contributed by atoms with E-state index in [1.165, 1.54) is 4.90 Å². The third-order valence-electron chi connectivity index (χ3n) is 6.30. The van der Waals surface area contributed by atoms with Gasteiger partial charge in [-0.2, -0.15) is 0 Å². The van der Waals surface area contributed by atoms with Crippen LogP contribution in [0, 0.1) is 6.92 Å². The van der Waals surface area contributed by atoms with Crippen molar-refractivity contribution < 1.29 is 23.9 Å². The van der Waals surface area contributed by atoms with Crippen LogP contribution < -0.4 is 16.4 Å². The average molecular weight is 547 g/mol. The van der Waals surface area contributed by atoms with E-state index in [1.54, 1.807) is 20.8 Å². The number of hydrogen-bond donors (Lipinski definition) is 3. The Balaban J connectivity index is 3.44. The molecule has 4 amide bonds. The summed E-state index contributed by atoms with van der Waals surface area (Å²) < 4.78 is 5.34. The van der Waals surface area contributed by atoms with E-state index < -0.39 is 42.0 Å². The van der Waals surface area contributed by atoms with E-state index in [2.05, 4.69) is 24.5 Å². The quantitative estimate of drug-likeness (QED) is 0.239. The summed E-state index contributed by atoms with van der Waals surface area (Å²) in [6.07, 6.45) is 6.32. The van der Waals surface area contributed by atoms with Crippen molar-refractivity contribution >= 4 is 23.8 Å². The lowest BCUT2D eigenvalue weighted by atomic mass is 9.97. The molecular formula is C30H50N4O5. The van der Waals surface area contributed by atoms with Crippen LogP contribution in [0.3, 0.4) is 0 Å². The number of unbranched alkanes of at least 4 members (excludes halogenated alkanes) is 6. The third-order valence-corrected chi connectivity index (χ3v) is 6.30. The van der Waals surface area contributed by atoms with Gasteiger partial charge in [-0.05, 0) is 51.7 Å². The van der Waals surface area contributed by atoms with E-state index in [0.717, 1.165) is 50.5 Å². The molecule has 2 atom stereocenters. The zero-order valence-corrected chi connectivity index (χ0v) is 24.8. The van der Waals surface area contributed by atoms with Gasteiger partial charge in [0.05, 0.1) is 6.42 Å². The summed E-state index contributed by atoms with van der Waals surface area (Å²) >= 11 is 0. The van der Waals surface area contributed by atoms with Gasteiger partial charge < -0.3 is 26.0 Å². The second-order valence-electron chi connectivity index (χ2n) is 11.1. The highest BCUT2D eigenvalue weighted by Crippen LogP contribution is 2.27. The second-order valence-corrected chi connectivity index (χ2v) is 11.1. The fourth-order valence-electron chi connectivity index (χ4n) is 4.33. The van der Waals surface area contributed by atoms with Gasteiger partial charge >= 0.3 is 6.09 Å². The van der Waals surface area contributed by atoms with Crippen molar-refractivity contribution in [3.63, 3.8) is 0 Å². The molecule has 39 heavy (non-hydrogen) atoms. The summed E-state index contributed by atoms with van der Waals surface area (Å²) in [4.78, 5) is 53.8. The van der Waals surface area contributed by atoms with Crippen LogP contribution in [0.1, 0.15) is 110 Å². The molecule has 4 N–H and O–H groups in total. The summed E-state index contributed by atoms with van der Waals surface area (Å²) in [6.45, 7) is 12.0. The molecule has 0 fully saturated rings. The van der Waals surface area contributed by atoms with Gasteiger partial charge in [-0.1, -0.05) is 76.6 Å². The second kappa shape index (κ2) is 17.5. The van der Waals surface area contributed by atoms with Crippen molar-refractivity contribution in [2.75, 3.05) is 13.1 Å². The number of hydrogen-bond acceptors (Lipinski definition) is 5. The standard InChI is InChI=1S/C30H50N4O5/c1-7-9-11-12-16-20-34(28(37)24(21-25(31)35)33-29(38)39-30(4,5)6)26(23-18-14-13-17-22(23)3)27(36)32-19-15-10-8-2/h13-14,17-18,24,26H,7-12,15-16,19-21H2,1-6H3,(H2,31,35)(H,32,36)(H,33,38). The van der Waals surface area contributed by atoms with Gasteiger partial charge in [0.1, 0.15) is 17.7 Å². The van der Waals surface area contributed by atoms with Gasteiger partial charge in [0, 0.05) is 13.1 Å². The van der Waals surface area contributed by atoms with Crippen molar-refractivity contribution in [2.45, 2.75) is 117 Å². The minimum absolute atomic E-state index is 0.287. The maximum Gasteiger partial charge on any atom is 0.408 e. The third kappa shape index (κ3) is 13.0. The highest BCUT2D eigenvalue weighted by molar-refractivity contribution is 5.94. The number of nitrogens with one attached hydrogen (secondary N) is 2. The Bertz CT molecular complexity index is 928. The molecule has 1 rings (SSSR count). The molecule has 0 aliphatic carbocycles. The summed E-state index contributed by atoms with van der Waals surface area (Å²) in [5.41, 5.74) is 6.23. The van der Waals surface area contributed by atoms with Gasteiger partial charge in [0.25, 0.3) is 0 Å². The van der Waals surface area contributed by atoms with E-state index in [1.807, 2.05) is 31.2 Å². The molecule has 0 spiro atoms. The number of carbonyl (C=O) groups excluding carboxylic acids is 4. The molecule has 0 radical (unpaired) electrons. The molecule has 0 aliphatic heterocycles. The van der Waals surface area contributed by atoms with Crippen LogP contribution in [0.2, 0.25) is 0 Å². The monoisotopic (exact) mass is 546 g/mol. The maximum atomic E-state index is 14.1. The first-order valence-electron chi connectivity index (χ1n) is 14.3. The normalized spacial score (nSPS) is 12.8. The molecule has 9 heteroatoms. The largest absolute Gasteiger partial charge is 0.444 e. The molecule has 1 aromatic carbocycles. The Morgan fingerprint density at radius 3 is 2.15 bits per heavy atom. The first kappa shape index (κ1) is 33.9. The zero-order valence-electron chi connectivity index (χ0n) is 24.8. The minimum Gasteiger partial charge on any atom is -0.444 e. The number of nitrogens with zero attached hydrogens (tertiary/aromatic N) is 1. The summed E-state index contributed by atoms with van der Waals surface area (Å²) in [5.74, 6) is -1.59. The molecule has 220 valence electrons. The first-order chi connectivity index (χ1) is 18.4. The van der Waals surface area contributed by atoms with Crippen molar-refractivity contribution in [2.24, 2.45) is 5.73 Å². The number of alkyl carbamates (subject to hydrolysis) is 1. The number of ether oxygens (including phenoxy) is 1. The first-order valence-corrected chi connectivity index (χ1v) is 14.3. The van der Waals surface area contributed by atoms with Crippen LogP contribution in [-0.2, 0) is 19.1 Å². The van der Waals surface area contributed by atoms with E-state index in [0.29, 0.717) is 18.5 Å². The molecule has 9 nitrogen and oxygen atoms in total. The molecule has 0 bridgehead atoms. The van der Waals surface area contributed by atoms with E-state index in [-0.39, 0.29) is 12.5 Å². The van der Waals surface area contributed by atoms with Crippen LogP contribution in [0.4, 0.5) is 4.79 Å². The van der Waals surface area contributed by atoms with Gasteiger partial charge in [-0.15, -0.1) is 0 Å². The van der Waals surface area contributed by atoms with E-state index in [9.17, 15) is 19.2 Å². The molecule has 0 aromatic heterocycles. The van der Waals surface area contributed by atoms with Gasteiger partial charge in [-0.25, -0.2) is 4.79 Å². The SMILES string of the molecule is CCCCCCCN(C(=O)C(CC(N)=O)NC(=O)OC(C)(C)C)C(C(=O)NCCCCC)c1ccccc1C. The zero-order chi connectivity index (χ0) is 29.4. The van der Waals surface area contributed by atoms with Gasteiger partial charge in [-0.3, -0.25) is 14.4 Å². The van der Waals surface area contributed by atoms with E-state index in [4.69, 9.17) is 10.5 Å². The number of primary amides is 1. The Morgan fingerprint density at radius 2 is 1.56 bits per heavy atom. The lowest BCUT2D eigenvalue weighted by molar-refractivity contribution is -0.143. The smallest absolute Gasteiger partial charge is 0.408 e. The summed E-state index contributed by atoms with van der Waals surface area (Å²) in [7, 11) is 0. The molecule has 2 unspecified atom stereocenters. The molecule has 1 aromatic rings. The van der Waals surface area contributed by atoms with Crippen molar-refractivity contribution in [1.29, 1.82) is 0 Å². The maximum absolute atomic E-state index is 14.1. The molecule has 0 saturated heterocycles. The number of rotatable bonds is 17. The topological polar surface area (TPSA) is 131 Å². The highest BCUT2D eigenvalue weighted by Gasteiger charge is 2.37. The van der Waals surface area contributed by atoms with E-state index >= 15 is 0 Å². The Morgan fingerprint density at radius 1 is 0.949 bits per heavy atom. The number of aryl methyl sites for hydroxylation is 1. The fraction of sp³-hybridized carbons (Fsp3) is 0.667. The van der Waals surface area contributed by atoms with Crippen LogP contribution in [-0.4, -0.2) is 53.4 Å². The Kier molecular flexibility index (Phi) is 15.2. The van der Waals surface area contributed by atoms with Crippen LogP contribution in [0.15, 0.2) is 24.3 Å². The van der Waals surface area contributed by atoms with Crippen LogP contribution >= 0.6 is 0 Å². The number of benzene rings is 1. The number of amides is 4. The van der Waals surface area contributed by atoms with Gasteiger partial charge in [0.2, 0.25) is 17.7 Å². The van der Waals surface area contributed by atoms with Crippen molar-refractivity contribution in [3.05, 3.63) is 35.4 Å². The highest BCUT2D eigenvalue weighted by atomic mass is 16.6. The molecule has 0 aliphatic rings. The van der Waals surface area contributed by atoms with Gasteiger partial charge in [0.15, 0.2) is 0 Å². The number of carbonyl (C=O) groups is 4. The summed E-state index contributed by atoms with van der Waals surface area (Å²) in [6, 6.07) is 5.26. The van der Waals surface area contributed by atoms with Crippen LogP contribution in [0.5, 0.6) is 0 Å². The lowest BCUT2D eigenvalue weighted by Crippen LogP contribution is -2.54. The molecule has 0 heterocycles.